The average molecular weight is 1690 g/mol. The summed E-state index contributed by atoms with van der Waals surface area (Å²) in [5.41, 5.74) is 5.09. The Morgan fingerprint density at radius 1 is 0.496 bits per heavy atom. The van der Waals surface area contributed by atoms with Crippen LogP contribution in [0.5, 0.6) is 0 Å². The maximum absolute atomic E-state index is 14.5. The van der Waals surface area contributed by atoms with E-state index in [1.165, 1.54) is 41.3 Å². The van der Waals surface area contributed by atoms with Crippen molar-refractivity contribution in [3.8, 4) is 0 Å². The standard InChI is InChI=1S/C35H44F2N2O4Si.C32H36F2N2O4.C29H39F2N3O3/c1-35(2,3)42-34(41)39-30(17-18-32(39)40)33(43-44(4,5)6)31(21-27-19-28(36)22-29(37)20-27)38(23-25-13-9-7-10-14-25)24-26-15-11-8-12-16-26;1-32(2,3)40-31(39)36-27(14-15-29(36)37)30(38)28(18-24-16-25(33)19-26(34)17-24)35(20-22-10-6-4-7-11-22)21-23-12-8-5-9-13-23;1-5-9-34(10-6-2)29(37)22-12-18(3)11-21(16-22)28(36)33-26(27(35)25-8-7-19(4)32-25)15-20-13-23(30)17-24(31)14-20/h7-16,19-20,22,30-31,33H,17-18,21,23-24H2,1-6H3;4-13,16-17,19,27-28,30,38H,14-15,18,20-21H2,1-3H3;11-14,16-17,19,25-27,32,35H,5-10,15H2,1-4H3,(H,33,36)/t30-,31+,33-;27-,28+,30-;19?,25-,26+,27-/m111/s1. The Morgan fingerprint density at radius 3 is 1.25 bits per heavy atom. The second-order valence-electron chi connectivity index (χ2n) is 34.9. The molecule has 0 radical (unpaired) electrons. The van der Waals surface area contributed by atoms with E-state index in [1.807, 2.05) is 154 Å². The molecule has 121 heavy (non-hydrogen) atoms. The SMILES string of the molecule is CC(C)(C)OC(=O)N1C(=O)CC[C@@H]1[C@@H](O)[C@H](Cc1cc(F)cc(F)c1)N(Cc1ccccc1)Cc1ccccc1.CC(C)(C)OC(=O)N1C(=O)CC[C@@H]1[C@@H](O[Si](C)(C)C)[C@H](Cc1cc(F)cc(F)c1)N(Cc1ccccc1)Cc1ccccc1.CCCN(CCC)C(=O)c1cc(C)cc(C(=O)N[C@@H](Cc2cc(F)cc(F)c2)[C@H](O)[C@H]2CCC(C)N2)c1. The number of amides is 6. The monoisotopic (exact) mass is 1690 g/mol. The fraction of sp³-hybridized carbons (Fsp3) is 0.438. The summed E-state index contributed by atoms with van der Waals surface area (Å²) in [4.78, 5) is 87.5. The summed E-state index contributed by atoms with van der Waals surface area (Å²) in [6.45, 7) is 27.6. The van der Waals surface area contributed by atoms with Gasteiger partial charge >= 0.3 is 12.2 Å². The van der Waals surface area contributed by atoms with E-state index in [9.17, 15) is 65.3 Å². The Bertz CT molecular complexity index is 4580. The summed E-state index contributed by atoms with van der Waals surface area (Å²) < 4.78 is 103. The lowest BCUT2D eigenvalue weighted by Gasteiger charge is -2.44. The molecule has 0 saturated carbocycles. The molecular formula is C96H119F6N7O11Si. The van der Waals surface area contributed by atoms with E-state index < -0.39 is 127 Å². The highest BCUT2D eigenvalue weighted by molar-refractivity contribution is 6.69. The van der Waals surface area contributed by atoms with Crippen molar-refractivity contribution < 1.29 is 79.2 Å². The second kappa shape index (κ2) is 43.8. The Balaban J connectivity index is 0.000000207. The summed E-state index contributed by atoms with van der Waals surface area (Å²) in [7, 11) is -2.32. The molecular weight excluding hydrogens is 1570 g/mol. The fourth-order valence-electron chi connectivity index (χ4n) is 16.0. The van der Waals surface area contributed by atoms with Crippen LogP contribution in [0.25, 0.3) is 0 Å². The molecule has 11 rings (SSSR count). The van der Waals surface area contributed by atoms with Gasteiger partial charge in [0.05, 0.1) is 36.4 Å². The summed E-state index contributed by atoms with van der Waals surface area (Å²) in [5, 5.41) is 29.3. The molecule has 18 nitrogen and oxygen atoms in total. The largest absolute Gasteiger partial charge is 0.443 e. The van der Waals surface area contributed by atoms with Gasteiger partial charge < -0.3 is 39.6 Å². The minimum Gasteiger partial charge on any atom is -0.443 e. The van der Waals surface area contributed by atoms with Crippen LogP contribution in [0, 0.1) is 41.8 Å². The molecule has 25 heteroatoms. The number of hydrogen-bond donors (Lipinski definition) is 4. The van der Waals surface area contributed by atoms with Gasteiger partial charge in [-0.05, 0) is 232 Å². The van der Waals surface area contributed by atoms with Gasteiger partial charge in [-0.1, -0.05) is 135 Å². The number of hydrogen-bond acceptors (Lipinski definition) is 14. The summed E-state index contributed by atoms with van der Waals surface area (Å²) in [5.74, 6) is -5.51. The third kappa shape index (κ3) is 29.2. The van der Waals surface area contributed by atoms with Crippen LogP contribution < -0.4 is 10.6 Å². The molecule has 0 aliphatic carbocycles. The molecule has 0 spiro atoms. The topological polar surface area (TPSA) is 211 Å². The Morgan fingerprint density at radius 2 is 0.868 bits per heavy atom. The van der Waals surface area contributed by atoms with Crippen molar-refractivity contribution in [2.45, 2.75) is 257 Å². The minimum absolute atomic E-state index is 0.0481. The van der Waals surface area contributed by atoms with Crippen LogP contribution in [-0.4, -0.2) is 164 Å². The number of aliphatic hydroxyl groups is 2. The molecule has 10 atom stereocenters. The Labute approximate surface area is 710 Å². The minimum atomic E-state index is -2.32. The van der Waals surface area contributed by atoms with E-state index in [2.05, 4.69) is 35.2 Å². The summed E-state index contributed by atoms with van der Waals surface area (Å²) in [6, 6.07) is 50.9. The van der Waals surface area contributed by atoms with E-state index in [0.29, 0.717) is 73.5 Å². The number of rotatable bonds is 31. The highest BCUT2D eigenvalue weighted by atomic mass is 28.4. The van der Waals surface area contributed by atoms with Crippen LogP contribution in [0.4, 0.5) is 35.9 Å². The van der Waals surface area contributed by atoms with Crippen molar-refractivity contribution in [2.24, 2.45) is 0 Å². The van der Waals surface area contributed by atoms with Gasteiger partial charge in [0.25, 0.3) is 11.8 Å². The summed E-state index contributed by atoms with van der Waals surface area (Å²) in [6.07, 6.45) is 0.162. The first kappa shape index (κ1) is 95.0. The number of aryl methyl sites for hydroxylation is 1. The molecule has 3 saturated heterocycles. The highest BCUT2D eigenvalue weighted by Gasteiger charge is 2.49. The number of aliphatic hydroxyl groups excluding tert-OH is 2. The number of ether oxygens (including phenoxy) is 2. The Kier molecular flexibility index (Phi) is 34.4. The molecule has 3 fully saturated rings. The molecule has 6 amide bonds. The molecule has 3 aliphatic rings. The van der Waals surface area contributed by atoms with E-state index in [-0.39, 0.29) is 62.4 Å². The highest BCUT2D eigenvalue weighted by Crippen LogP contribution is 2.36. The van der Waals surface area contributed by atoms with Gasteiger partial charge in [0.2, 0.25) is 11.8 Å². The van der Waals surface area contributed by atoms with Crippen LogP contribution in [0.1, 0.15) is 179 Å². The van der Waals surface area contributed by atoms with Crippen LogP contribution in [0.2, 0.25) is 19.6 Å². The normalized spacial score (nSPS) is 17.7. The van der Waals surface area contributed by atoms with Crippen LogP contribution in [0.3, 0.4) is 0 Å². The Hall–Kier alpha value is -9.86. The van der Waals surface area contributed by atoms with Crippen molar-refractivity contribution in [1.82, 2.24) is 35.1 Å². The number of halogens is 6. The zero-order valence-corrected chi connectivity index (χ0v) is 72.8. The lowest BCUT2D eigenvalue weighted by molar-refractivity contribution is -0.131. The number of nitrogens with zero attached hydrogens (tertiary/aromatic N) is 5. The first-order valence-corrected chi connectivity index (χ1v) is 45.3. The van der Waals surface area contributed by atoms with E-state index in [1.54, 1.807) is 64.6 Å². The first-order valence-electron chi connectivity index (χ1n) is 41.9. The quantitative estimate of drug-likeness (QED) is 0.0235. The number of likely N-dealkylation sites (tertiary alicyclic amines) is 2. The number of carbonyl (C=O) groups excluding carboxylic acids is 6. The third-order valence-corrected chi connectivity index (χ3v) is 22.1. The van der Waals surface area contributed by atoms with Crippen LogP contribution in [-0.2, 0) is 68.9 Å². The van der Waals surface area contributed by atoms with Crippen LogP contribution in [0.15, 0.2) is 194 Å². The van der Waals surface area contributed by atoms with Gasteiger partial charge in [0, 0.05) is 106 Å². The third-order valence-electron chi connectivity index (χ3n) is 21.1. The smallest absolute Gasteiger partial charge is 0.417 e. The number of benzene rings is 8. The second-order valence-corrected chi connectivity index (χ2v) is 39.4. The molecule has 3 aliphatic heterocycles. The fourth-order valence-corrected chi connectivity index (χ4v) is 17.1. The molecule has 4 N–H and O–H groups in total. The zero-order chi connectivity index (χ0) is 88.0. The van der Waals surface area contributed by atoms with Gasteiger partial charge in [0.1, 0.15) is 46.1 Å². The van der Waals surface area contributed by atoms with E-state index in [4.69, 9.17) is 13.9 Å². The van der Waals surface area contributed by atoms with Crippen molar-refractivity contribution in [3.05, 3.63) is 285 Å². The van der Waals surface area contributed by atoms with Gasteiger partial charge in [-0.15, -0.1) is 0 Å². The predicted octanol–water partition coefficient (Wildman–Crippen LogP) is 18.0. The van der Waals surface area contributed by atoms with Gasteiger partial charge in [0.15, 0.2) is 8.32 Å². The molecule has 0 aromatic heterocycles. The maximum Gasteiger partial charge on any atom is 0.417 e. The summed E-state index contributed by atoms with van der Waals surface area (Å²) >= 11 is 0. The number of carbonyl (C=O) groups is 6. The predicted molar refractivity (Wildman–Crippen MR) is 459 cm³/mol. The van der Waals surface area contributed by atoms with E-state index in [0.717, 1.165) is 76.6 Å². The molecule has 3 heterocycles. The van der Waals surface area contributed by atoms with Crippen molar-refractivity contribution in [2.75, 3.05) is 13.1 Å². The van der Waals surface area contributed by atoms with Crippen molar-refractivity contribution >= 4 is 44.1 Å². The van der Waals surface area contributed by atoms with Crippen molar-refractivity contribution in [3.63, 3.8) is 0 Å². The van der Waals surface area contributed by atoms with Crippen molar-refractivity contribution in [1.29, 1.82) is 0 Å². The molecule has 0 bridgehead atoms. The number of nitrogens with one attached hydrogen (secondary N) is 2. The average Bonchev–Trinajstić information content (AvgIpc) is 1.69. The molecule has 650 valence electrons. The first-order chi connectivity index (χ1) is 57.3. The molecule has 1 unspecified atom stereocenters. The lowest BCUT2D eigenvalue weighted by atomic mass is 9.92. The van der Waals surface area contributed by atoms with E-state index >= 15 is 0 Å². The zero-order valence-electron chi connectivity index (χ0n) is 71.8. The molecule has 8 aromatic carbocycles. The van der Waals surface area contributed by atoms with Gasteiger partial charge in [-0.25, -0.2) is 45.7 Å². The lowest BCUT2D eigenvalue weighted by Crippen LogP contribution is -2.58. The molecule has 8 aromatic rings. The number of imide groups is 2. The van der Waals surface area contributed by atoms with Crippen LogP contribution >= 0.6 is 0 Å². The van der Waals surface area contributed by atoms with Gasteiger partial charge in [-0.3, -0.25) is 29.0 Å². The maximum atomic E-state index is 14.5. The van der Waals surface area contributed by atoms with Gasteiger partial charge in [-0.2, -0.15) is 0 Å².